The van der Waals surface area contributed by atoms with Crippen molar-refractivity contribution in [3.8, 4) is 0 Å². The molecule has 0 aliphatic heterocycles. The molecule has 0 saturated heterocycles. The third kappa shape index (κ3) is 6.50. The average molecular weight is 316 g/mol. The molecule has 0 atom stereocenters. The van der Waals surface area contributed by atoms with E-state index in [1.165, 1.54) is 15.6 Å². The predicted octanol–water partition coefficient (Wildman–Crippen LogP) is 2.90. The Labute approximate surface area is 118 Å². The molecule has 0 unspecified atom stereocenters. The number of ether oxygens (including phenoxy) is 2. The minimum atomic E-state index is 0.670. The minimum absolute atomic E-state index is 0.670. The van der Waals surface area contributed by atoms with E-state index in [1.54, 1.807) is 7.11 Å². The van der Waals surface area contributed by atoms with E-state index < -0.39 is 0 Å². The highest BCUT2D eigenvalue weighted by Crippen LogP contribution is 2.17. The zero-order valence-corrected chi connectivity index (χ0v) is 12.8. The Morgan fingerprint density at radius 1 is 1.22 bits per heavy atom. The number of halogens is 1. The van der Waals surface area contributed by atoms with E-state index in [-0.39, 0.29) is 0 Å². The van der Waals surface area contributed by atoms with Crippen molar-refractivity contribution in [2.45, 2.75) is 19.9 Å². The zero-order chi connectivity index (χ0) is 13.2. The van der Waals surface area contributed by atoms with Crippen LogP contribution in [0.4, 0.5) is 0 Å². The fraction of sp³-hybridized carbons (Fsp3) is 0.571. The van der Waals surface area contributed by atoms with Crippen LogP contribution in [0.1, 0.15) is 17.5 Å². The van der Waals surface area contributed by atoms with Crippen LogP contribution in [0.2, 0.25) is 0 Å². The summed E-state index contributed by atoms with van der Waals surface area (Å²) in [6.07, 6.45) is 1.02. The zero-order valence-electron chi connectivity index (χ0n) is 11.2. The van der Waals surface area contributed by atoms with Crippen LogP contribution in [-0.2, 0) is 16.0 Å². The molecular formula is C14H22BrNO2. The first-order valence-corrected chi connectivity index (χ1v) is 7.05. The number of methoxy groups -OCH3 is 1. The lowest BCUT2D eigenvalue weighted by Crippen LogP contribution is -2.17. The van der Waals surface area contributed by atoms with Gasteiger partial charge in [0, 0.05) is 24.7 Å². The van der Waals surface area contributed by atoms with Crippen LogP contribution in [0.15, 0.2) is 22.7 Å². The quantitative estimate of drug-likeness (QED) is 0.711. The fourth-order valence-electron chi connectivity index (χ4n) is 1.56. The van der Waals surface area contributed by atoms with E-state index >= 15 is 0 Å². The van der Waals surface area contributed by atoms with Crippen molar-refractivity contribution >= 4 is 15.9 Å². The number of benzene rings is 1. The smallest absolute Gasteiger partial charge is 0.0700 e. The number of rotatable bonds is 9. The van der Waals surface area contributed by atoms with Gasteiger partial charge in [-0.2, -0.15) is 0 Å². The number of aryl methyl sites for hydroxylation is 1. The fourth-order valence-corrected chi connectivity index (χ4v) is 2.20. The number of nitrogens with one attached hydrogen (secondary N) is 1. The Balaban J connectivity index is 2.07. The molecule has 3 nitrogen and oxygen atoms in total. The molecule has 0 fully saturated rings. The van der Waals surface area contributed by atoms with Gasteiger partial charge in [-0.05, 0) is 37.1 Å². The van der Waals surface area contributed by atoms with Crippen molar-refractivity contribution in [3.63, 3.8) is 0 Å². The molecule has 0 spiro atoms. The molecule has 1 N–H and O–H groups in total. The monoisotopic (exact) mass is 315 g/mol. The molecule has 0 aliphatic carbocycles. The van der Waals surface area contributed by atoms with Gasteiger partial charge in [0.25, 0.3) is 0 Å². The Morgan fingerprint density at radius 2 is 2.06 bits per heavy atom. The average Bonchev–Trinajstić information content (AvgIpc) is 2.35. The van der Waals surface area contributed by atoms with Gasteiger partial charge in [0.15, 0.2) is 0 Å². The number of hydrogen-bond acceptors (Lipinski definition) is 3. The summed E-state index contributed by atoms with van der Waals surface area (Å²) >= 11 is 3.58. The van der Waals surface area contributed by atoms with Gasteiger partial charge in [0.05, 0.1) is 13.2 Å². The first-order chi connectivity index (χ1) is 8.74. The molecule has 1 rings (SSSR count). The second kappa shape index (κ2) is 9.50. The lowest BCUT2D eigenvalue weighted by atomic mass is 10.1. The van der Waals surface area contributed by atoms with Crippen molar-refractivity contribution in [1.29, 1.82) is 0 Å². The molecule has 0 bridgehead atoms. The molecule has 0 heterocycles. The van der Waals surface area contributed by atoms with Crippen LogP contribution in [-0.4, -0.2) is 33.5 Å². The lowest BCUT2D eigenvalue weighted by molar-refractivity contribution is 0.0695. The minimum Gasteiger partial charge on any atom is -0.382 e. The van der Waals surface area contributed by atoms with E-state index in [1.807, 2.05) is 0 Å². The van der Waals surface area contributed by atoms with Crippen molar-refractivity contribution in [1.82, 2.24) is 5.32 Å². The highest BCUT2D eigenvalue weighted by molar-refractivity contribution is 9.10. The molecule has 0 aromatic heterocycles. The summed E-state index contributed by atoms with van der Waals surface area (Å²) in [5, 5.41) is 3.41. The van der Waals surface area contributed by atoms with Crippen LogP contribution in [0.3, 0.4) is 0 Å². The van der Waals surface area contributed by atoms with Gasteiger partial charge < -0.3 is 14.8 Å². The van der Waals surface area contributed by atoms with Gasteiger partial charge in [-0.3, -0.25) is 0 Å². The normalized spacial score (nSPS) is 10.8. The van der Waals surface area contributed by atoms with Crippen LogP contribution < -0.4 is 5.32 Å². The molecule has 0 amide bonds. The second-order valence-corrected chi connectivity index (χ2v) is 5.08. The van der Waals surface area contributed by atoms with Gasteiger partial charge in [-0.1, -0.05) is 28.1 Å². The van der Waals surface area contributed by atoms with Gasteiger partial charge in [0.1, 0.15) is 0 Å². The summed E-state index contributed by atoms with van der Waals surface area (Å²) < 4.78 is 11.5. The maximum Gasteiger partial charge on any atom is 0.0700 e. The van der Waals surface area contributed by atoms with Gasteiger partial charge in [-0.15, -0.1) is 0 Å². The summed E-state index contributed by atoms with van der Waals surface area (Å²) in [5.74, 6) is 0. The lowest BCUT2D eigenvalue weighted by Gasteiger charge is -2.08. The molecule has 4 heteroatoms. The standard InChI is InChI=1S/C14H22BrNO2/c1-12-4-5-13(14(15)10-12)11-16-6-3-7-18-9-8-17-2/h4-5,10,16H,3,6-9,11H2,1-2H3. The topological polar surface area (TPSA) is 30.5 Å². The van der Waals surface area contributed by atoms with E-state index in [0.717, 1.165) is 26.1 Å². The Kier molecular flexibility index (Phi) is 8.25. The van der Waals surface area contributed by atoms with E-state index in [9.17, 15) is 0 Å². The van der Waals surface area contributed by atoms with Crippen molar-refractivity contribution in [2.75, 3.05) is 33.5 Å². The SMILES string of the molecule is COCCOCCCNCc1ccc(C)cc1Br. The van der Waals surface area contributed by atoms with Crippen LogP contribution in [0.25, 0.3) is 0 Å². The maximum atomic E-state index is 5.39. The molecule has 1 aromatic carbocycles. The van der Waals surface area contributed by atoms with Crippen molar-refractivity contribution in [3.05, 3.63) is 33.8 Å². The van der Waals surface area contributed by atoms with Crippen molar-refractivity contribution in [2.24, 2.45) is 0 Å². The van der Waals surface area contributed by atoms with Gasteiger partial charge in [-0.25, -0.2) is 0 Å². The van der Waals surface area contributed by atoms with E-state index in [4.69, 9.17) is 9.47 Å². The van der Waals surface area contributed by atoms with Crippen LogP contribution in [0.5, 0.6) is 0 Å². The Bertz CT molecular complexity index is 345. The molecule has 0 radical (unpaired) electrons. The Morgan fingerprint density at radius 3 is 2.78 bits per heavy atom. The van der Waals surface area contributed by atoms with Crippen LogP contribution in [0, 0.1) is 6.92 Å². The number of hydrogen-bond donors (Lipinski definition) is 1. The second-order valence-electron chi connectivity index (χ2n) is 4.23. The summed E-state index contributed by atoms with van der Waals surface area (Å²) in [4.78, 5) is 0. The maximum absolute atomic E-state index is 5.39. The third-order valence-electron chi connectivity index (χ3n) is 2.60. The van der Waals surface area contributed by atoms with Crippen LogP contribution >= 0.6 is 15.9 Å². The predicted molar refractivity (Wildman–Crippen MR) is 77.9 cm³/mol. The van der Waals surface area contributed by atoms with Crippen molar-refractivity contribution < 1.29 is 9.47 Å². The molecule has 0 saturated carbocycles. The molecule has 1 aromatic rings. The highest BCUT2D eigenvalue weighted by atomic mass is 79.9. The first-order valence-electron chi connectivity index (χ1n) is 6.26. The first kappa shape index (κ1) is 15.6. The molecule has 102 valence electrons. The van der Waals surface area contributed by atoms with E-state index in [2.05, 4.69) is 46.4 Å². The summed E-state index contributed by atoms with van der Waals surface area (Å²) in [7, 11) is 1.68. The third-order valence-corrected chi connectivity index (χ3v) is 3.34. The molecular weight excluding hydrogens is 294 g/mol. The molecule has 0 aliphatic rings. The summed E-state index contributed by atoms with van der Waals surface area (Å²) in [6, 6.07) is 6.43. The van der Waals surface area contributed by atoms with E-state index in [0.29, 0.717) is 13.2 Å². The van der Waals surface area contributed by atoms with Gasteiger partial charge in [0.2, 0.25) is 0 Å². The highest BCUT2D eigenvalue weighted by Gasteiger charge is 1.99. The Hall–Kier alpha value is -0.420. The molecule has 18 heavy (non-hydrogen) atoms. The van der Waals surface area contributed by atoms with Gasteiger partial charge >= 0.3 is 0 Å². The largest absolute Gasteiger partial charge is 0.382 e. The summed E-state index contributed by atoms with van der Waals surface area (Å²) in [5.41, 5.74) is 2.57. The summed E-state index contributed by atoms with van der Waals surface area (Å²) in [6.45, 7) is 6.08.